The van der Waals surface area contributed by atoms with Gasteiger partial charge < -0.3 is 0 Å². The highest BCUT2D eigenvalue weighted by molar-refractivity contribution is 7.74. The molecule has 0 aromatic heterocycles. The van der Waals surface area contributed by atoms with Crippen molar-refractivity contribution < 1.29 is 0 Å². The van der Waals surface area contributed by atoms with Gasteiger partial charge in [-0.15, -0.1) is 0 Å². The Hall–Kier alpha value is -2.00. The first-order valence-corrected chi connectivity index (χ1v) is 19.3. The first kappa shape index (κ1) is 26.6. The number of fused-ring (bicyclic) bond motifs is 4. The zero-order chi connectivity index (χ0) is 27.3. The largest absolute Gasteiger partial charge is 0.0923 e. The standard InChI is InChI=1S/C39H44P2/c1-27(40(38-25-28-19-21-30(38)23-28)39-26-29-20-22-31(39)24-29)34-16-10-17-35(34)36-15-8-9-18-37(36)41(32-11-4-2-5-12-32)33-13-6-3-7-14-33/h2-18,27-31,37-39H,19-26H2,1H3/t27-,28?,29?,30+,31?,37?,38?,39?,40?/m1/s1. The van der Waals surface area contributed by atoms with Gasteiger partial charge >= 0.3 is 0 Å². The quantitative estimate of drug-likeness (QED) is 0.289. The lowest BCUT2D eigenvalue weighted by atomic mass is 9.95. The van der Waals surface area contributed by atoms with Crippen molar-refractivity contribution in [1.29, 1.82) is 0 Å². The SMILES string of the molecule is C[C@H](C1=CC=CC1=C1C=CC=CC1P(c1ccccc1)c1ccccc1)P(C1CC2CCC1C2)C1CC2CC[C@H]1C2. The molecule has 4 bridgehead atoms. The molecule has 41 heavy (non-hydrogen) atoms. The highest BCUT2D eigenvalue weighted by Crippen LogP contribution is 2.70. The van der Waals surface area contributed by atoms with Crippen LogP contribution < -0.4 is 10.6 Å². The van der Waals surface area contributed by atoms with E-state index in [2.05, 4.69) is 110 Å². The average molecular weight is 575 g/mol. The Morgan fingerprint density at radius 2 is 1.27 bits per heavy atom. The van der Waals surface area contributed by atoms with Gasteiger partial charge in [0.25, 0.3) is 0 Å². The van der Waals surface area contributed by atoms with Crippen molar-refractivity contribution in [3.05, 3.63) is 120 Å². The van der Waals surface area contributed by atoms with E-state index >= 15 is 0 Å². The molecule has 6 aliphatic carbocycles. The molecule has 0 saturated heterocycles. The molecule has 2 aromatic rings. The van der Waals surface area contributed by atoms with E-state index in [-0.39, 0.29) is 7.92 Å². The molecule has 2 heteroatoms. The van der Waals surface area contributed by atoms with Gasteiger partial charge in [-0.25, -0.2) is 0 Å². The molecule has 210 valence electrons. The van der Waals surface area contributed by atoms with Gasteiger partial charge in [-0.05, 0) is 109 Å². The van der Waals surface area contributed by atoms with E-state index in [1.165, 1.54) is 36.3 Å². The van der Waals surface area contributed by atoms with Gasteiger partial charge in [0, 0.05) is 11.3 Å². The molecule has 0 amide bonds. The molecule has 4 fully saturated rings. The van der Waals surface area contributed by atoms with Gasteiger partial charge in [-0.1, -0.05) is 131 Å². The molecule has 9 atom stereocenters. The van der Waals surface area contributed by atoms with Crippen molar-refractivity contribution in [2.24, 2.45) is 23.7 Å². The molecule has 7 unspecified atom stereocenters. The van der Waals surface area contributed by atoms with E-state index < -0.39 is 7.92 Å². The zero-order valence-electron chi connectivity index (χ0n) is 24.5. The molecule has 0 aliphatic heterocycles. The van der Waals surface area contributed by atoms with Crippen LogP contribution in [0.15, 0.2) is 120 Å². The first-order chi connectivity index (χ1) is 20.2. The summed E-state index contributed by atoms with van der Waals surface area (Å²) in [6.45, 7) is 2.68. The van der Waals surface area contributed by atoms with Crippen molar-refractivity contribution in [1.82, 2.24) is 0 Å². The summed E-state index contributed by atoms with van der Waals surface area (Å²) in [6.07, 6.45) is 29.3. The van der Waals surface area contributed by atoms with Crippen LogP contribution in [-0.2, 0) is 0 Å². The van der Waals surface area contributed by atoms with E-state index in [4.69, 9.17) is 0 Å². The summed E-state index contributed by atoms with van der Waals surface area (Å²) in [5.74, 6) is 4.16. The third-order valence-corrected chi connectivity index (χ3v) is 18.3. The maximum atomic E-state index is 2.68. The van der Waals surface area contributed by atoms with Gasteiger partial charge in [0.05, 0.1) is 0 Å². The summed E-state index contributed by atoms with van der Waals surface area (Å²) in [5, 5.41) is 2.95. The van der Waals surface area contributed by atoms with Gasteiger partial charge in [0.15, 0.2) is 0 Å². The molecule has 4 saturated carbocycles. The van der Waals surface area contributed by atoms with Crippen LogP contribution in [0.3, 0.4) is 0 Å². The summed E-state index contributed by atoms with van der Waals surface area (Å²) in [7, 11) is -0.564. The van der Waals surface area contributed by atoms with E-state index in [0.29, 0.717) is 11.3 Å². The van der Waals surface area contributed by atoms with Gasteiger partial charge in [0.2, 0.25) is 0 Å². The maximum absolute atomic E-state index is 2.68. The van der Waals surface area contributed by atoms with E-state index in [1.54, 1.807) is 42.4 Å². The normalized spacial score (nSPS) is 36.4. The summed E-state index contributed by atoms with van der Waals surface area (Å²) in [6, 6.07) is 22.7. The second kappa shape index (κ2) is 11.3. The predicted molar refractivity (Wildman–Crippen MR) is 180 cm³/mol. The van der Waals surface area contributed by atoms with Gasteiger partial charge in [-0.2, -0.15) is 0 Å². The van der Waals surface area contributed by atoms with Crippen molar-refractivity contribution in [2.45, 2.75) is 80.9 Å². The fourth-order valence-corrected chi connectivity index (χ4v) is 17.3. The van der Waals surface area contributed by atoms with Crippen LogP contribution >= 0.6 is 15.8 Å². The van der Waals surface area contributed by atoms with Crippen LogP contribution in [0.25, 0.3) is 0 Å². The van der Waals surface area contributed by atoms with Crippen LogP contribution in [-0.4, -0.2) is 22.6 Å². The van der Waals surface area contributed by atoms with Crippen LogP contribution in [0.2, 0.25) is 0 Å². The summed E-state index contributed by atoms with van der Waals surface area (Å²) in [5.41, 5.74) is 7.94. The Labute approximate surface area is 250 Å². The van der Waals surface area contributed by atoms with E-state index in [1.807, 2.05) is 0 Å². The molecular formula is C39H44P2. The lowest BCUT2D eigenvalue weighted by Gasteiger charge is -2.43. The molecule has 0 spiro atoms. The third kappa shape index (κ3) is 4.83. The van der Waals surface area contributed by atoms with Crippen LogP contribution in [0.1, 0.15) is 58.3 Å². The Morgan fingerprint density at radius 1 is 0.659 bits per heavy atom. The lowest BCUT2D eigenvalue weighted by Crippen LogP contribution is -2.30. The first-order valence-electron chi connectivity index (χ1n) is 16.4. The Kier molecular flexibility index (Phi) is 7.30. The number of rotatable bonds is 7. The minimum Gasteiger partial charge on any atom is -0.0923 e. The number of allylic oxidation sites excluding steroid dienone is 10. The molecule has 0 heterocycles. The highest BCUT2D eigenvalue weighted by Gasteiger charge is 2.52. The Bertz CT molecular complexity index is 1340. The number of benzene rings is 2. The summed E-state index contributed by atoms with van der Waals surface area (Å²) >= 11 is 0. The lowest BCUT2D eigenvalue weighted by molar-refractivity contribution is 0.459. The fraction of sp³-hybridized carbons (Fsp3) is 0.436. The Balaban J connectivity index is 1.18. The predicted octanol–water partition coefficient (Wildman–Crippen LogP) is 9.65. The van der Waals surface area contributed by atoms with E-state index in [0.717, 1.165) is 35.0 Å². The third-order valence-electron chi connectivity index (χ3n) is 11.6. The number of hydrogen-bond acceptors (Lipinski definition) is 0. The average Bonchev–Trinajstić information content (AvgIpc) is 3.86. The van der Waals surface area contributed by atoms with Crippen molar-refractivity contribution in [3.63, 3.8) is 0 Å². The highest BCUT2D eigenvalue weighted by atomic mass is 31.1. The molecular weight excluding hydrogens is 530 g/mol. The fourth-order valence-electron chi connectivity index (χ4n) is 9.85. The Morgan fingerprint density at radius 3 is 1.80 bits per heavy atom. The summed E-state index contributed by atoms with van der Waals surface area (Å²) in [4.78, 5) is 0. The van der Waals surface area contributed by atoms with Crippen molar-refractivity contribution in [3.8, 4) is 0 Å². The van der Waals surface area contributed by atoms with Crippen LogP contribution in [0.4, 0.5) is 0 Å². The molecule has 8 rings (SSSR count). The molecule has 0 nitrogen and oxygen atoms in total. The number of hydrogen-bond donors (Lipinski definition) is 0. The van der Waals surface area contributed by atoms with Crippen LogP contribution in [0.5, 0.6) is 0 Å². The summed E-state index contributed by atoms with van der Waals surface area (Å²) < 4.78 is 0. The van der Waals surface area contributed by atoms with Crippen LogP contribution in [0, 0.1) is 23.7 Å². The second-order valence-corrected chi connectivity index (χ2v) is 19.0. The van der Waals surface area contributed by atoms with Crippen molar-refractivity contribution >= 4 is 26.5 Å². The molecule has 2 aromatic carbocycles. The molecule has 0 N–H and O–H groups in total. The van der Waals surface area contributed by atoms with Crippen molar-refractivity contribution in [2.75, 3.05) is 0 Å². The van der Waals surface area contributed by atoms with Gasteiger partial charge in [0.1, 0.15) is 0 Å². The minimum atomic E-state index is -0.555. The maximum Gasteiger partial charge on any atom is 0.0310 e. The minimum absolute atomic E-state index is 0.00877. The monoisotopic (exact) mass is 574 g/mol. The van der Waals surface area contributed by atoms with E-state index in [9.17, 15) is 0 Å². The topological polar surface area (TPSA) is 0 Å². The zero-order valence-corrected chi connectivity index (χ0v) is 26.3. The second-order valence-electron chi connectivity index (χ2n) is 13.7. The smallest absolute Gasteiger partial charge is 0.0310 e. The van der Waals surface area contributed by atoms with Gasteiger partial charge in [-0.3, -0.25) is 0 Å². The molecule has 0 radical (unpaired) electrons. The molecule has 6 aliphatic rings.